The van der Waals surface area contributed by atoms with E-state index >= 15 is 0 Å². The van der Waals surface area contributed by atoms with Crippen molar-refractivity contribution in [3.05, 3.63) is 34.9 Å². The second-order valence-corrected chi connectivity index (χ2v) is 6.62. The molecule has 2 unspecified atom stereocenters. The summed E-state index contributed by atoms with van der Waals surface area (Å²) in [6, 6.07) is 9.42. The van der Waals surface area contributed by atoms with Gasteiger partial charge in [-0.2, -0.15) is 5.26 Å². The van der Waals surface area contributed by atoms with Gasteiger partial charge in [0.25, 0.3) is 0 Å². The Balaban J connectivity index is 2.72. The van der Waals surface area contributed by atoms with E-state index in [2.05, 4.69) is 11.4 Å². The molecule has 22 heavy (non-hydrogen) atoms. The van der Waals surface area contributed by atoms with Crippen LogP contribution in [-0.2, 0) is 11.3 Å². The molecule has 2 atom stereocenters. The molecule has 4 nitrogen and oxygen atoms in total. The van der Waals surface area contributed by atoms with Gasteiger partial charge < -0.3 is 5.32 Å². The van der Waals surface area contributed by atoms with Gasteiger partial charge in [0.05, 0.1) is 12.1 Å². The third-order valence-corrected chi connectivity index (χ3v) is 4.37. The predicted molar refractivity (Wildman–Crippen MR) is 89.4 cm³/mol. The van der Waals surface area contributed by atoms with Crippen molar-refractivity contribution in [1.82, 2.24) is 10.2 Å². The van der Waals surface area contributed by atoms with Crippen LogP contribution >= 0.6 is 11.6 Å². The standard InChI is InChI=1S/C17H24ClN3O/c1-12(2)17(4,11-19)20-16(22)13(3)21(5)10-14-7-6-8-15(18)9-14/h6-9,12-13H,10H2,1-5H3,(H,20,22). The summed E-state index contributed by atoms with van der Waals surface area (Å²) in [5.41, 5.74) is 0.184. The minimum atomic E-state index is -0.859. The zero-order chi connectivity index (χ0) is 16.9. The van der Waals surface area contributed by atoms with E-state index in [9.17, 15) is 10.1 Å². The fourth-order valence-electron chi connectivity index (χ4n) is 1.92. The van der Waals surface area contributed by atoms with Gasteiger partial charge >= 0.3 is 0 Å². The molecule has 0 aliphatic rings. The minimum Gasteiger partial charge on any atom is -0.336 e. The highest BCUT2D eigenvalue weighted by molar-refractivity contribution is 6.30. The van der Waals surface area contributed by atoms with Gasteiger partial charge in [-0.15, -0.1) is 0 Å². The second-order valence-electron chi connectivity index (χ2n) is 6.18. The zero-order valence-corrected chi connectivity index (χ0v) is 14.6. The van der Waals surface area contributed by atoms with Crippen molar-refractivity contribution in [2.45, 2.75) is 45.8 Å². The molecule has 0 spiro atoms. The van der Waals surface area contributed by atoms with Crippen molar-refractivity contribution in [1.29, 1.82) is 5.26 Å². The summed E-state index contributed by atoms with van der Waals surface area (Å²) in [5, 5.41) is 12.8. The first-order chi connectivity index (χ1) is 10.2. The molecule has 0 aromatic heterocycles. The van der Waals surface area contributed by atoms with Crippen molar-refractivity contribution in [3.8, 4) is 6.07 Å². The van der Waals surface area contributed by atoms with Crippen LogP contribution in [0.25, 0.3) is 0 Å². The summed E-state index contributed by atoms with van der Waals surface area (Å²) >= 11 is 5.98. The van der Waals surface area contributed by atoms with Gasteiger partial charge in [0.1, 0.15) is 5.54 Å². The van der Waals surface area contributed by atoms with E-state index in [0.29, 0.717) is 11.6 Å². The van der Waals surface area contributed by atoms with Crippen LogP contribution in [-0.4, -0.2) is 29.4 Å². The number of hydrogen-bond acceptors (Lipinski definition) is 3. The molecule has 0 saturated carbocycles. The van der Waals surface area contributed by atoms with Gasteiger partial charge in [0.15, 0.2) is 0 Å². The summed E-state index contributed by atoms with van der Waals surface area (Å²) in [6.45, 7) is 8.03. The first-order valence-corrected chi connectivity index (χ1v) is 7.75. The molecule has 1 rings (SSSR count). The Bertz CT molecular complexity index is 567. The number of hydrogen-bond donors (Lipinski definition) is 1. The monoisotopic (exact) mass is 321 g/mol. The van der Waals surface area contributed by atoms with E-state index in [1.807, 2.05) is 57.0 Å². The van der Waals surface area contributed by atoms with Crippen molar-refractivity contribution < 1.29 is 4.79 Å². The quantitative estimate of drug-likeness (QED) is 0.875. The van der Waals surface area contributed by atoms with E-state index in [1.165, 1.54) is 0 Å². The van der Waals surface area contributed by atoms with Gasteiger partial charge in [-0.25, -0.2) is 0 Å². The highest BCUT2D eigenvalue weighted by Gasteiger charge is 2.32. The predicted octanol–water partition coefficient (Wildman–Crippen LogP) is 3.21. The number of amides is 1. The third kappa shape index (κ3) is 4.72. The maximum absolute atomic E-state index is 12.4. The van der Waals surface area contributed by atoms with E-state index in [-0.39, 0.29) is 17.9 Å². The highest BCUT2D eigenvalue weighted by Crippen LogP contribution is 2.17. The molecule has 0 bridgehead atoms. The molecule has 0 radical (unpaired) electrons. The van der Waals surface area contributed by atoms with Gasteiger partial charge in [0, 0.05) is 11.6 Å². The topological polar surface area (TPSA) is 56.1 Å². The smallest absolute Gasteiger partial charge is 0.238 e. The molecule has 120 valence electrons. The molecular formula is C17H24ClN3O. The second kappa shape index (κ2) is 7.62. The van der Waals surface area contributed by atoms with Gasteiger partial charge in [-0.05, 0) is 44.5 Å². The molecule has 0 heterocycles. The van der Waals surface area contributed by atoms with Gasteiger partial charge in [-0.3, -0.25) is 9.69 Å². The number of nitrogens with zero attached hydrogens (tertiary/aromatic N) is 2. The van der Waals surface area contributed by atoms with Crippen LogP contribution in [0, 0.1) is 17.2 Å². The lowest BCUT2D eigenvalue weighted by Crippen LogP contribution is -2.54. The molecule has 5 heteroatoms. The lowest BCUT2D eigenvalue weighted by atomic mass is 9.90. The van der Waals surface area contributed by atoms with Gasteiger partial charge in [-0.1, -0.05) is 37.6 Å². The molecule has 1 aromatic rings. The van der Waals surface area contributed by atoms with E-state index < -0.39 is 5.54 Å². The van der Waals surface area contributed by atoms with Crippen molar-refractivity contribution in [2.75, 3.05) is 7.05 Å². The fraction of sp³-hybridized carbons (Fsp3) is 0.529. The Morgan fingerprint density at radius 2 is 2.09 bits per heavy atom. The van der Waals surface area contributed by atoms with Crippen LogP contribution in [0.4, 0.5) is 0 Å². The minimum absolute atomic E-state index is 0.0342. The van der Waals surface area contributed by atoms with Crippen molar-refractivity contribution in [2.24, 2.45) is 5.92 Å². The number of carbonyl (C=O) groups excluding carboxylic acids is 1. The Labute approximate surface area is 138 Å². The first-order valence-electron chi connectivity index (χ1n) is 7.37. The summed E-state index contributed by atoms with van der Waals surface area (Å²) in [4.78, 5) is 14.3. The van der Waals surface area contributed by atoms with E-state index in [1.54, 1.807) is 6.92 Å². The number of nitrogens with one attached hydrogen (secondary N) is 1. The summed E-state index contributed by atoms with van der Waals surface area (Å²) in [7, 11) is 1.88. The zero-order valence-electron chi connectivity index (χ0n) is 13.9. The fourth-order valence-corrected chi connectivity index (χ4v) is 2.14. The van der Waals surface area contributed by atoms with Crippen LogP contribution in [0.15, 0.2) is 24.3 Å². The van der Waals surface area contributed by atoms with E-state index in [4.69, 9.17) is 11.6 Å². The highest BCUT2D eigenvalue weighted by atomic mass is 35.5. The molecule has 1 N–H and O–H groups in total. The van der Waals surface area contributed by atoms with Crippen LogP contribution in [0.2, 0.25) is 5.02 Å². The Hall–Kier alpha value is -1.57. The van der Waals surface area contributed by atoms with Crippen LogP contribution < -0.4 is 5.32 Å². The number of benzene rings is 1. The number of carbonyl (C=O) groups is 1. The lowest BCUT2D eigenvalue weighted by Gasteiger charge is -2.31. The molecular weight excluding hydrogens is 298 g/mol. The number of rotatable bonds is 6. The van der Waals surface area contributed by atoms with Crippen LogP contribution in [0.5, 0.6) is 0 Å². The van der Waals surface area contributed by atoms with Crippen LogP contribution in [0.1, 0.15) is 33.3 Å². The Kier molecular flexibility index (Phi) is 6.40. The maximum Gasteiger partial charge on any atom is 0.238 e. The largest absolute Gasteiger partial charge is 0.336 e. The molecule has 1 amide bonds. The average molecular weight is 322 g/mol. The number of halogens is 1. The Morgan fingerprint density at radius 3 is 2.59 bits per heavy atom. The molecule has 0 aliphatic heterocycles. The number of likely N-dealkylation sites (N-methyl/N-ethyl adjacent to an activating group) is 1. The first kappa shape index (κ1) is 18.5. The summed E-state index contributed by atoms with van der Waals surface area (Å²) in [5.74, 6) is -0.117. The molecule has 0 fully saturated rings. The number of nitriles is 1. The maximum atomic E-state index is 12.4. The molecule has 1 aromatic carbocycles. The molecule has 0 aliphatic carbocycles. The third-order valence-electron chi connectivity index (χ3n) is 4.13. The summed E-state index contributed by atoms with van der Waals surface area (Å²) < 4.78 is 0. The van der Waals surface area contributed by atoms with Crippen LogP contribution in [0.3, 0.4) is 0 Å². The normalized spacial score (nSPS) is 15.2. The SMILES string of the molecule is CC(C(=O)NC(C)(C#N)C(C)C)N(C)Cc1cccc(Cl)c1. The van der Waals surface area contributed by atoms with Crippen molar-refractivity contribution in [3.63, 3.8) is 0 Å². The Morgan fingerprint density at radius 1 is 1.45 bits per heavy atom. The van der Waals surface area contributed by atoms with Gasteiger partial charge in [0.2, 0.25) is 5.91 Å². The molecule has 0 saturated heterocycles. The average Bonchev–Trinajstić information content (AvgIpc) is 2.45. The lowest BCUT2D eigenvalue weighted by molar-refractivity contribution is -0.127. The summed E-state index contributed by atoms with van der Waals surface area (Å²) in [6.07, 6.45) is 0. The van der Waals surface area contributed by atoms with E-state index in [0.717, 1.165) is 5.56 Å². The van der Waals surface area contributed by atoms with Crippen molar-refractivity contribution >= 4 is 17.5 Å².